The fourth-order valence-electron chi connectivity index (χ4n) is 4.86. The average Bonchev–Trinajstić information content (AvgIpc) is 3.05. The van der Waals surface area contributed by atoms with Gasteiger partial charge >= 0.3 is 0 Å². The van der Waals surface area contributed by atoms with Gasteiger partial charge in [-0.25, -0.2) is 0 Å². The number of nitrogens with zero attached hydrogens (tertiary/aromatic N) is 2. The molecule has 33 heavy (non-hydrogen) atoms. The molecule has 3 aromatic rings. The van der Waals surface area contributed by atoms with Crippen molar-refractivity contribution in [3.8, 4) is 0 Å². The van der Waals surface area contributed by atoms with E-state index in [4.69, 9.17) is 11.6 Å². The lowest BCUT2D eigenvalue weighted by Crippen LogP contribution is -2.36. The summed E-state index contributed by atoms with van der Waals surface area (Å²) in [4.78, 5) is 31.1. The molecule has 3 aromatic carbocycles. The number of imide groups is 1. The highest BCUT2D eigenvalue weighted by Gasteiger charge is 2.43. The molecule has 0 aromatic heterocycles. The summed E-state index contributed by atoms with van der Waals surface area (Å²) in [6, 6.07) is 21.5. The number of carbonyl (C=O) groups is 2. The van der Waals surface area contributed by atoms with E-state index < -0.39 is 0 Å². The van der Waals surface area contributed by atoms with Crippen molar-refractivity contribution in [3.05, 3.63) is 105 Å². The fourth-order valence-corrected chi connectivity index (χ4v) is 5.05. The van der Waals surface area contributed by atoms with Crippen LogP contribution in [0.1, 0.15) is 34.2 Å². The van der Waals surface area contributed by atoms with E-state index in [1.54, 1.807) is 6.07 Å². The number of rotatable bonds is 4. The van der Waals surface area contributed by atoms with Gasteiger partial charge in [-0.1, -0.05) is 71.8 Å². The summed E-state index contributed by atoms with van der Waals surface area (Å²) >= 11 is 6.37. The molecular formula is C28H25ClN2O2. The summed E-state index contributed by atoms with van der Waals surface area (Å²) in [5, 5.41) is 0.544. The number of aryl methyl sites for hydroxylation is 3. The van der Waals surface area contributed by atoms with Gasteiger partial charge in [-0.2, -0.15) is 0 Å². The van der Waals surface area contributed by atoms with E-state index >= 15 is 0 Å². The zero-order chi connectivity index (χ0) is 23.1. The van der Waals surface area contributed by atoms with E-state index in [1.165, 1.54) is 10.5 Å². The van der Waals surface area contributed by atoms with Crippen molar-refractivity contribution in [2.45, 2.75) is 33.2 Å². The summed E-state index contributed by atoms with van der Waals surface area (Å²) < 4.78 is 0. The van der Waals surface area contributed by atoms with Crippen LogP contribution in [0.15, 0.2) is 72.4 Å². The standard InChI is InChI=1S/C28H25ClN2O2/c1-18-13-14-22(19(2)16-18)25-26(30-15-7-10-20-8-4-6-12-24(20)30)28(33)31(27(25)32)17-21-9-3-5-11-23(21)29/h3-6,8-9,11-14,16H,7,10,15,17H2,1-2H3. The quantitative estimate of drug-likeness (QED) is 0.473. The van der Waals surface area contributed by atoms with E-state index in [2.05, 4.69) is 12.1 Å². The number of hydrogen-bond donors (Lipinski definition) is 0. The summed E-state index contributed by atoms with van der Waals surface area (Å²) in [6.07, 6.45) is 1.89. The molecule has 2 heterocycles. The average molecular weight is 457 g/mol. The maximum absolute atomic E-state index is 13.9. The Bertz CT molecular complexity index is 1310. The van der Waals surface area contributed by atoms with Crippen molar-refractivity contribution in [2.24, 2.45) is 0 Å². The van der Waals surface area contributed by atoms with Gasteiger partial charge in [0, 0.05) is 17.3 Å². The molecule has 0 fully saturated rings. The van der Waals surface area contributed by atoms with Crippen LogP contribution in [0.2, 0.25) is 5.02 Å². The summed E-state index contributed by atoms with van der Waals surface area (Å²) in [5.41, 5.74) is 6.79. The van der Waals surface area contributed by atoms with Crippen LogP contribution >= 0.6 is 11.6 Å². The van der Waals surface area contributed by atoms with E-state index in [1.807, 2.05) is 67.3 Å². The van der Waals surface area contributed by atoms with Crippen LogP contribution in [0, 0.1) is 13.8 Å². The van der Waals surface area contributed by atoms with E-state index in [9.17, 15) is 9.59 Å². The highest BCUT2D eigenvalue weighted by Crippen LogP contribution is 2.39. The first-order valence-corrected chi connectivity index (χ1v) is 11.6. The van der Waals surface area contributed by atoms with Crippen LogP contribution in [0.25, 0.3) is 5.57 Å². The van der Waals surface area contributed by atoms with Gasteiger partial charge in [-0.05, 0) is 61.1 Å². The van der Waals surface area contributed by atoms with Gasteiger partial charge in [0.05, 0.1) is 12.1 Å². The number of hydrogen-bond acceptors (Lipinski definition) is 3. The Balaban J connectivity index is 1.66. The smallest absolute Gasteiger partial charge is 0.278 e. The highest BCUT2D eigenvalue weighted by molar-refractivity contribution is 6.37. The fraction of sp³-hybridized carbons (Fsp3) is 0.214. The van der Waals surface area contributed by atoms with Gasteiger partial charge in [0.25, 0.3) is 11.8 Å². The third-order valence-corrected chi connectivity index (χ3v) is 6.83. The Morgan fingerprint density at radius 3 is 2.45 bits per heavy atom. The van der Waals surface area contributed by atoms with Gasteiger partial charge < -0.3 is 4.90 Å². The Hall–Kier alpha value is -3.37. The van der Waals surface area contributed by atoms with Gasteiger partial charge in [-0.15, -0.1) is 0 Å². The molecule has 5 rings (SSSR count). The predicted molar refractivity (Wildman–Crippen MR) is 132 cm³/mol. The third-order valence-electron chi connectivity index (χ3n) is 6.46. The zero-order valence-electron chi connectivity index (χ0n) is 18.8. The molecular weight excluding hydrogens is 432 g/mol. The van der Waals surface area contributed by atoms with Crippen LogP contribution in [0.3, 0.4) is 0 Å². The minimum atomic E-state index is -0.273. The minimum Gasteiger partial charge on any atom is -0.336 e. The van der Waals surface area contributed by atoms with Crippen LogP contribution in [-0.4, -0.2) is 23.3 Å². The van der Waals surface area contributed by atoms with Crippen LogP contribution in [0.4, 0.5) is 5.69 Å². The van der Waals surface area contributed by atoms with Crippen LogP contribution in [0.5, 0.6) is 0 Å². The molecule has 0 aliphatic carbocycles. The van der Waals surface area contributed by atoms with Crippen molar-refractivity contribution in [1.29, 1.82) is 0 Å². The topological polar surface area (TPSA) is 40.6 Å². The molecule has 0 bridgehead atoms. The Morgan fingerprint density at radius 1 is 0.909 bits per heavy atom. The summed E-state index contributed by atoms with van der Waals surface area (Å²) in [5.74, 6) is -0.545. The van der Waals surface area contributed by atoms with Crippen molar-refractivity contribution < 1.29 is 9.59 Å². The number of amides is 2. The van der Waals surface area contributed by atoms with Crippen molar-refractivity contribution >= 4 is 34.7 Å². The molecule has 0 atom stereocenters. The molecule has 4 nitrogen and oxygen atoms in total. The van der Waals surface area contributed by atoms with Crippen molar-refractivity contribution in [2.75, 3.05) is 11.4 Å². The Kier molecular flexibility index (Phi) is 5.55. The first-order valence-electron chi connectivity index (χ1n) is 11.2. The van der Waals surface area contributed by atoms with E-state index in [0.717, 1.165) is 40.8 Å². The Morgan fingerprint density at radius 2 is 1.67 bits per heavy atom. The van der Waals surface area contributed by atoms with Gasteiger partial charge in [-0.3, -0.25) is 14.5 Å². The maximum atomic E-state index is 13.9. The molecule has 0 radical (unpaired) electrons. The number of fused-ring (bicyclic) bond motifs is 1. The second-order valence-electron chi connectivity index (χ2n) is 8.71. The zero-order valence-corrected chi connectivity index (χ0v) is 19.5. The first-order chi connectivity index (χ1) is 16.0. The van der Waals surface area contributed by atoms with Crippen molar-refractivity contribution in [1.82, 2.24) is 4.90 Å². The predicted octanol–water partition coefficient (Wildman–Crippen LogP) is 5.69. The highest BCUT2D eigenvalue weighted by atomic mass is 35.5. The molecule has 166 valence electrons. The van der Waals surface area contributed by atoms with E-state index in [-0.39, 0.29) is 18.4 Å². The lowest BCUT2D eigenvalue weighted by atomic mass is 9.95. The largest absolute Gasteiger partial charge is 0.336 e. The number of para-hydroxylation sites is 1. The van der Waals surface area contributed by atoms with Gasteiger partial charge in [0.15, 0.2) is 0 Å². The number of halogens is 1. The molecule has 5 heteroatoms. The third kappa shape index (κ3) is 3.75. The minimum absolute atomic E-state index is 0.144. The van der Waals surface area contributed by atoms with E-state index in [0.29, 0.717) is 22.8 Å². The Labute approximate surface area is 199 Å². The van der Waals surface area contributed by atoms with Crippen LogP contribution in [-0.2, 0) is 22.6 Å². The molecule has 2 amide bonds. The lowest BCUT2D eigenvalue weighted by Gasteiger charge is -2.32. The second-order valence-corrected chi connectivity index (χ2v) is 9.12. The molecule has 0 saturated heterocycles. The molecule has 2 aliphatic rings. The lowest BCUT2D eigenvalue weighted by molar-refractivity contribution is -0.137. The van der Waals surface area contributed by atoms with Gasteiger partial charge in [0.1, 0.15) is 5.70 Å². The molecule has 0 spiro atoms. The normalized spacial score (nSPS) is 16.0. The molecule has 0 saturated carbocycles. The SMILES string of the molecule is Cc1ccc(C2=C(N3CCCc4ccccc43)C(=O)N(Cc3ccccc3Cl)C2=O)c(C)c1. The first kappa shape index (κ1) is 21.5. The number of carbonyl (C=O) groups excluding carboxylic acids is 2. The van der Waals surface area contributed by atoms with Crippen LogP contribution < -0.4 is 4.90 Å². The van der Waals surface area contributed by atoms with Crippen molar-refractivity contribution in [3.63, 3.8) is 0 Å². The number of benzene rings is 3. The monoisotopic (exact) mass is 456 g/mol. The molecule has 2 aliphatic heterocycles. The van der Waals surface area contributed by atoms with Gasteiger partial charge in [0.2, 0.25) is 0 Å². The molecule has 0 unspecified atom stereocenters. The molecule has 0 N–H and O–H groups in total. The summed E-state index contributed by atoms with van der Waals surface area (Å²) in [7, 11) is 0. The number of anilines is 1. The summed E-state index contributed by atoms with van der Waals surface area (Å²) in [6.45, 7) is 4.86. The maximum Gasteiger partial charge on any atom is 0.278 e. The second kappa shape index (κ2) is 8.53.